The Morgan fingerprint density at radius 2 is 1.25 bits per heavy atom. The maximum absolute atomic E-state index is 12.7. The fourth-order valence-corrected chi connectivity index (χ4v) is 5.72. The molecule has 0 aliphatic rings. The molecule has 0 saturated heterocycles. The second-order valence-electron chi connectivity index (χ2n) is 5.78. The fourth-order valence-electron chi connectivity index (χ4n) is 2.43. The second kappa shape index (κ2) is 8.29. The lowest BCUT2D eigenvalue weighted by Gasteiger charge is -2.30. The van der Waals surface area contributed by atoms with Gasteiger partial charge in [0.2, 0.25) is 8.32 Å². The zero-order valence-electron chi connectivity index (χ0n) is 12.0. The largest absolute Gasteiger partial charge is 0.297 e. The van der Waals surface area contributed by atoms with Gasteiger partial charge in [-0.3, -0.25) is 4.80 Å². The topological polar surface area (TPSA) is 19.9 Å². The molecule has 0 unspecified atom stereocenters. The molecule has 0 aliphatic heterocycles. The Balaban J connectivity index is 3.78. The summed E-state index contributed by atoms with van der Waals surface area (Å²) in [5, 5.41) is 0. The van der Waals surface area contributed by atoms with E-state index in [-0.39, 0.29) is 0 Å². The van der Waals surface area contributed by atoms with Crippen molar-refractivity contribution >= 4 is 8.32 Å². The maximum atomic E-state index is 12.7. The van der Waals surface area contributed by atoms with Gasteiger partial charge in [-0.2, -0.15) is 0 Å². The molecule has 16 heavy (non-hydrogen) atoms. The molecule has 0 N–H and O–H groups in total. The van der Waals surface area contributed by atoms with Crippen LogP contribution in [0.1, 0.15) is 73.1 Å². The van der Waals surface area contributed by atoms with E-state index in [0.29, 0.717) is 11.1 Å². The first-order valence-electron chi connectivity index (χ1n) is 7.15. The molecule has 0 aliphatic carbocycles. The molecule has 0 aromatic heterocycles. The first-order valence-corrected chi connectivity index (χ1v) is 9.42. The molecule has 0 saturated carbocycles. The maximum Gasteiger partial charge on any atom is 0.242 e. The Labute approximate surface area is 104 Å². The molecule has 0 atom stereocenters. The van der Waals surface area contributed by atoms with Gasteiger partial charge in [0.15, 0.2) is 0 Å². The number of unbranched alkanes of at least 4 members (excludes halogenated alkanes) is 5. The van der Waals surface area contributed by atoms with Crippen molar-refractivity contribution in [2.24, 2.45) is 0 Å². The SMILES string of the molecule is CCCCCCCC[Si]([O])(C(C)C)C(C)C. The molecular weight excluding hydrogens is 212 g/mol. The molecule has 97 valence electrons. The van der Waals surface area contributed by atoms with Gasteiger partial charge in [-0.25, -0.2) is 0 Å². The van der Waals surface area contributed by atoms with Crippen LogP contribution in [0.4, 0.5) is 0 Å². The average Bonchev–Trinajstić information content (AvgIpc) is 2.22. The molecule has 0 aromatic carbocycles. The molecule has 0 spiro atoms. The van der Waals surface area contributed by atoms with Gasteiger partial charge >= 0.3 is 0 Å². The molecule has 0 fully saturated rings. The molecule has 0 aromatic rings. The smallest absolute Gasteiger partial charge is 0.242 e. The van der Waals surface area contributed by atoms with Crippen molar-refractivity contribution in [1.82, 2.24) is 0 Å². The van der Waals surface area contributed by atoms with Crippen molar-refractivity contribution in [3.63, 3.8) is 0 Å². The quantitative estimate of drug-likeness (QED) is 0.374. The van der Waals surface area contributed by atoms with E-state index in [4.69, 9.17) is 0 Å². The van der Waals surface area contributed by atoms with E-state index in [1.54, 1.807) is 0 Å². The van der Waals surface area contributed by atoms with Crippen molar-refractivity contribution in [1.29, 1.82) is 0 Å². The van der Waals surface area contributed by atoms with Gasteiger partial charge in [0.05, 0.1) is 0 Å². The van der Waals surface area contributed by atoms with Crippen LogP contribution < -0.4 is 0 Å². The Kier molecular flexibility index (Phi) is 8.39. The molecule has 0 rings (SSSR count). The highest BCUT2D eigenvalue weighted by atomic mass is 28.4. The van der Waals surface area contributed by atoms with Gasteiger partial charge in [0, 0.05) is 0 Å². The molecule has 1 radical (unpaired) electrons. The van der Waals surface area contributed by atoms with Gasteiger partial charge in [-0.1, -0.05) is 73.1 Å². The van der Waals surface area contributed by atoms with Gasteiger partial charge in [0.1, 0.15) is 0 Å². The predicted octanol–water partition coefficient (Wildman–Crippen LogP) is 5.54. The first-order chi connectivity index (χ1) is 7.45. The summed E-state index contributed by atoms with van der Waals surface area (Å²) in [5.74, 6) is 0. The second-order valence-corrected chi connectivity index (χ2v) is 10.5. The van der Waals surface area contributed by atoms with Crippen LogP contribution in [0.5, 0.6) is 0 Å². The summed E-state index contributed by atoms with van der Waals surface area (Å²) in [5.41, 5.74) is 0.784. The van der Waals surface area contributed by atoms with E-state index in [9.17, 15) is 4.80 Å². The highest BCUT2D eigenvalue weighted by Crippen LogP contribution is 2.35. The summed E-state index contributed by atoms with van der Waals surface area (Å²) in [6.07, 6.45) is 7.79. The van der Waals surface area contributed by atoms with Crippen LogP contribution in [0.25, 0.3) is 0 Å². The minimum absolute atomic E-state index is 0.392. The summed E-state index contributed by atoms with van der Waals surface area (Å²) in [4.78, 5) is 12.7. The van der Waals surface area contributed by atoms with Crippen molar-refractivity contribution < 1.29 is 4.80 Å². The van der Waals surface area contributed by atoms with Crippen LogP contribution >= 0.6 is 0 Å². The molecule has 0 amide bonds. The van der Waals surface area contributed by atoms with E-state index in [1.165, 1.54) is 38.5 Å². The van der Waals surface area contributed by atoms with E-state index in [1.807, 2.05) is 0 Å². The normalized spacial score (nSPS) is 12.8. The van der Waals surface area contributed by atoms with Crippen LogP contribution in [0.2, 0.25) is 17.1 Å². The Morgan fingerprint density at radius 3 is 1.69 bits per heavy atom. The molecule has 2 heteroatoms. The number of hydrogen-bond acceptors (Lipinski definition) is 0. The molecular formula is C14H31OSi. The highest BCUT2D eigenvalue weighted by Gasteiger charge is 2.40. The van der Waals surface area contributed by atoms with Crippen molar-refractivity contribution in [3.8, 4) is 0 Å². The van der Waals surface area contributed by atoms with Crippen LogP contribution in [0.15, 0.2) is 0 Å². The van der Waals surface area contributed by atoms with Crippen molar-refractivity contribution in [2.75, 3.05) is 0 Å². The molecule has 0 heterocycles. The van der Waals surface area contributed by atoms with Crippen LogP contribution in [-0.2, 0) is 4.80 Å². The summed E-state index contributed by atoms with van der Waals surface area (Å²) < 4.78 is 0. The summed E-state index contributed by atoms with van der Waals surface area (Å²) in [7, 11) is -2.22. The van der Waals surface area contributed by atoms with Crippen LogP contribution in [0, 0.1) is 0 Å². The molecule has 1 nitrogen and oxygen atoms in total. The summed E-state index contributed by atoms with van der Waals surface area (Å²) >= 11 is 0. The Morgan fingerprint density at radius 1 is 0.812 bits per heavy atom. The van der Waals surface area contributed by atoms with Gasteiger partial charge in [0.25, 0.3) is 0 Å². The Hall–Kier alpha value is 0.177. The van der Waals surface area contributed by atoms with E-state index in [2.05, 4.69) is 34.6 Å². The highest BCUT2D eigenvalue weighted by molar-refractivity contribution is 6.74. The molecule has 0 bridgehead atoms. The summed E-state index contributed by atoms with van der Waals surface area (Å²) in [6, 6.07) is 0.995. The zero-order valence-corrected chi connectivity index (χ0v) is 13.0. The lowest BCUT2D eigenvalue weighted by molar-refractivity contribution is 0.383. The van der Waals surface area contributed by atoms with E-state index >= 15 is 0 Å². The Bertz CT molecular complexity index is 158. The fraction of sp³-hybridized carbons (Fsp3) is 1.00. The lowest BCUT2D eigenvalue weighted by Crippen LogP contribution is -2.39. The van der Waals surface area contributed by atoms with Gasteiger partial charge in [-0.15, -0.1) is 0 Å². The van der Waals surface area contributed by atoms with E-state index < -0.39 is 8.32 Å². The zero-order chi connectivity index (χ0) is 12.6. The van der Waals surface area contributed by atoms with Crippen molar-refractivity contribution in [3.05, 3.63) is 0 Å². The first kappa shape index (κ1) is 16.2. The third kappa shape index (κ3) is 5.49. The summed E-state index contributed by atoms with van der Waals surface area (Å²) in [6.45, 7) is 10.8. The minimum atomic E-state index is -2.22. The monoisotopic (exact) mass is 243 g/mol. The van der Waals surface area contributed by atoms with Gasteiger partial charge < -0.3 is 0 Å². The predicted molar refractivity (Wildman–Crippen MR) is 74.8 cm³/mol. The average molecular weight is 243 g/mol. The lowest BCUT2D eigenvalue weighted by atomic mass is 10.1. The van der Waals surface area contributed by atoms with Gasteiger partial charge in [-0.05, 0) is 17.1 Å². The third-order valence-electron chi connectivity index (χ3n) is 3.88. The number of rotatable bonds is 9. The third-order valence-corrected chi connectivity index (χ3v) is 8.92. The number of hydrogen-bond donors (Lipinski definition) is 0. The standard InChI is InChI=1S/C14H31OSi/c1-6-7-8-9-10-11-12-16(15,13(2)3)14(4)5/h13-14H,6-12H2,1-5H3. The van der Waals surface area contributed by atoms with Crippen LogP contribution in [0.3, 0.4) is 0 Å². The van der Waals surface area contributed by atoms with Crippen molar-refractivity contribution in [2.45, 2.75) is 90.3 Å². The minimum Gasteiger partial charge on any atom is -0.297 e. The van der Waals surface area contributed by atoms with Crippen LogP contribution in [-0.4, -0.2) is 8.32 Å². The van der Waals surface area contributed by atoms with E-state index in [0.717, 1.165) is 6.04 Å².